The second-order valence-electron chi connectivity index (χ2n) is 6.36. The predicted molar refractivity (Wildman–Crippen MR) is 88.1 cm³/mol. The molecule has 1 fully saturated rings. The third-order valence-electron chi connectivity index (χ3n) is 5.32. The minimum absolute atomic E-state index is 0.634. The molecule has 1 saturated carbocycles. The lowest BCUT2D eigenvalue weighted by Crippen LogP contribution is -2.41. The molecule has 1 aromatic carbocycles. The first-order valence-electron chi connectivity index (χ1n) is 7.86. The highest BCUT2D eigenvalue weighted by Gasteiger charge is 2.31. The van der Waals surface area contributed by atoms with Crippen LogP contribution in [-0.4, -0.2) is 31.1 Å². The van der Waals surface area contributed by atoms with Crippen LogP contribution in [0.25, 0.3) is 0 Å². The number of fused-ring (bicyclic) bond motifs is 1. The first-order valence-corrected chi connectivity index (χ1v) is 8.66. The maximum Gasteiger partial charge on any atom is 0.0353 e. The van der Waals surface area contributed by atoms with Crippen molar-refractivity contribution < 1.29 is 0 Å². The van der Waals surface area contributed by atoms with E-state index in [1.165, 1.54) is 43.0 Å². The molecular weight excluding hydrogens is 312 g/mol. The monoisotopic (exact) mass is 336 g/mol. The molecule has 1 aromatic rings. The number of halogens is 1. The van der Waals surface area contributed by atoms with E-state index < -0.39 is 0 Å². The molecule has 0 aliphatic heterocycles. The minimum atomic E-state index is 0.634. The molecule has 110 valence electrons. The highest BCUT2D eigenvalue weighted by Crippen LogP contribution is 2.39. The second kappa shape index (κ2) is 6.17. The zero-order chi connectivity index (χ0) is 14.1. The topological polar surface area (TPSA) is 15.3 Å². The van der Waals surface area contributed by atoms with Crippen LogP contribution in [0.1, 0.15) is 49.3 Å². The molecule has 1 N–H and O–H groups in total. The zero-order valence-electron chi connectivity index (χ0n) is 12.5. The van der Waals surface area contributed by atoms with E-state index in [2.05, 4.69) is 58.4 Å². The van der Waals surface area contributed by atoms with Gasteiger partial charge in [0.05, 0.1) is 0 Å². The van der Waals surface area contributed by atoms with Gasteiger partial charge in [-0.15, -0.1) is 0 Å². The van der Waals surface area contributed by atoms with Gasteiger partial charge in [-0.25, -0.2) is 0 Å². The standard InChI is InChI=1S/C17H25BrN2/c1-19-14-5-7-15(8-6-14)20(2)17-10-3-12-11-13(18)4-9-16(12)17/h4,9,11,14-15,17,19H,3,5-8,10H2,1-2H3. The van der Waals surface area contributed by atoms with Gasteiger partial charge in [0.25, 0.3) is 0 Å². The van der Waals surface area contributed by atoms with Gasteiger partial charge in [-0.1, -0.05) is 22.0 Å². The summed E-state index contributed by atoms with van der Waals surface area (Å²) >= 11 is 3.59. The maximum absolute atomic E-state index is 3.59. The summed E-state index contributed by atoms with van der Waals surface area (Å²) in [6.45, 7) is 0. The molecule has 3 heteroatoms. The Kier molecular flexibility index (Phi) is 4.49. The summed E-state index contributed by atoms with van der Waals surface area (Å²) in [7, 11) is 4.44. The lowest BCUT2D eigenvalue weighted by Gasteiger charge is -2.38. The van der Waals surface area contributed by atoms with Crippen molar-refractivity contribution in [2.24, 2.45) is 0 Å². The third kappa shape index (κ3) is 2.81. The van der Waals surface area contributed by atoms with Gasteiger partial charge in [-0.3, -0.25) is 4.90 Å². The van der Waals surface area contributed by atoms with E-state index in [0.717, 1.165) is 12.1 Å². The summed E-state index contributed by atoms with van der Waals surface area (Å²) in [4.78, 5) is 2.66. The molecule has 0 radical (unpaired) electrons. The Balaban J connectivity index is 1.69. The highest BCUT2D eigenvalue weighted by atomic mass is 79.9. The Morgan fingerprint density at radius 2 is 1.90 bits per heavy atom. The fourth-order valence-electron chi connectivity index (χ4n) is 4.01. The number of hydrogen-bond donors (Lipinski definition) is 1. The molecule has 0 heterocycles. The Hall–Kier alpha value is -0.380. The highest BCUT2D eigenvalue weighted by molar-refractivity contribution is 9.10. The van der Waals surface area contributed by atoms with Crippen LogP contribution in [0.3, 0.4) is 0 Å². The quantitative estimate of drug-likeness (QED) is 0.900. The van der Waals surface area contributed by atoms with E-state index in [-0.39, 0.29) is 0 Å². The summed E-state index contributed by atoms with van der Waals surface area (Å²) < 4.78 is 1.22. The molecule has 2 aliphatic carbocycles. The molecule has 20 heavy (non-hydrogen) atoms. The van der Waals surface area contributed by atoms with Gasteiger partial charge >= 0.3 is 0 Å². The predicted octanol–water partition coefficient (Wildman–Crippen LogP) is 3.90. The van der Waals surface area contributed by atoms with Gasteiger partial charge in [-0.05, 0) is 75.9 Å². The average molecular weight is 337 g/mol. The van der Waals surface area contributed by atoms with E-state index in [1.54, 1.807) is 11.1 Å². The number of rotatable bonds is 3. The molecule has 0 bridgehead atoms. The fraction of sp³-hybridized carbons (Fsp3) is 0.647. The second-order valence-corrected chi connectivity index (χ2v) is 7.27. The third-order valence-corrected chi connectivity index (χ3v) is 5.82. The molecule has 0 saturated heterocycles. The van der Waals surface area contributed by atoms with Crippen LogP contribution in [0.15, 0.2) is 22.7 Å². The maximum atomic E-state index is 3.59. The Bertz CT molecular complexity index is 466. The number of nitrogens with zero attached hydrogens (tertiary/aromatic N) is 1. The van der Waals surface area contributed by atoms with Crippen LogP contribution in [0.4, 0.5) is 0 Å². The normalized spacial score (nSPS) is 29.7. The Morgan fingerprint density at radius 1 is 1.15 bits per heavy atom. The Morgan fingerprint density at radius 3 is 2.60 bits per heavy atom. The van der Waals surface area contributed by atoms with Crippen LogP contribution in [0.2, 0.25) is 0 Å². The number of aryl methyl sites for hydroxylation is 1. The van der Waals surface area contributed by atoms with E-state index in [0.29, 0.717) is 6.04 Å². The lowest BCUT2D eigenvalue weighted by atomic mass is 9.89. The van der Waals surface area contributed by atoms with Gasteiger partial charge in [0.1, 0.15) is 0 Å². The smallest absolute Gasteiger partial charge is 0.0353 e. The number of nitrogens with one attached hydrogen (secondary N) is 1. The molecule has 2 nitrogen and oxygen atoms in total. The van der Waals surface area contributed by atoms with Crippen molar-refractivity contribution in [3.8, 4) is 0 Å². The SMILES string of the molecule is CNC1CCC(N(C)C2CCc3cc(Br)ccc32)CC1. The minimum Gasteiger partial charge on any atom is -0.317 e. The molecular formula is C17H25BrN2. The van der Waals surface area contributed by atoms with Crippen molar-refractivity contribution in [3.63, 3.8) is 0 Å². The van der Waals surface area contributed by atoms with E-state index in [9.17, 15) is 0 Å². The summed E-state index contributed by atoms with van der Waals surface area (Å²) in [6, 6.07) is 8.97. The lowest BCUT2D eigenvalue weighted by molar-refractivity contribution is 0.127. The van der Waals surface area contributed by atoms with Crippen molar-refractivity contribution in [3.05, 3.63) is 33.8 Å². The van der Waals surface area contributed by atoms with Crippen molar-refractivity contribution in [1.29, 1.82) is 0 Å². The zero-order valence-corrected chi connectivity index (χ0v) is 14.1. The van der Waals surface area contributed by atoms with Crippen molar-refractivity contribution >= 4 is 15.9 Å². The average Bonchev–Trinajstić information content (AvgIpc) is 2.89. The van der Waals surface area contributed by atoms with Gasteiger partial charge in [0.2, 0.25) is 0 Å². The summed E-state index contributed by atoms with van der Waals surface area (Å²) in [5.41, 5.74) is 3.10. The number of benzene rings is 1. The van der Waals surface area contributed by atoms with E-state index in [4.69, 9.17) is 0 Å². The molecule has 1 unspecified atom stereocenters. The molecule has 3 rings (SSSR count). The van der Waals surface area contributed by atoms with Crippen LogP contribution < -0.4 is 5.32 Å². The van der Waals surface area contributed by atoms with Crippen molar-refractivity contribution in [2.75, 3.05) is 14.1 Å². The van der Waals surface area contributed by atoms with Crippen molar-refractivity contribution in [1.82, 2.24) is 10.2 Å². The van der Waals surface area contributed by atoms with Crippen LogP contribution in [0, 0.1) is 0 Å². The van der Waals surface area contributed by atoms with Crippen LogP contribution >= 0.6 is 15.9 Å². The fourth-order valence-corrected chi connectivity index (χ4v) is 4.42. The van der Waals surface area contributed by atoms with Crippen molar-refractivity contribution in [2.45, 2.75) is 56.7 Å². The molecule has 0 aromatic heterocycles. The van der Waals surface area contributed by atoms with E-state index >= 15 is 0 Å². The van der Waals surface area contributed by atoms with E-state index in [1.807, 2.05) is 0 Å². The Labute approximate surface area is 131 Å². The molecule has 2 aliphatic rings. The molecule has 0 spiro atoms. The first-order chi connectivity index (χ1) is 9.69. The summed E-state index contributed by atoms with van der Waals surface area (Å²) in [6.07, 6.45) is 7.84. The largest absolute Gasteiger partial charge is 0.317 e. The molecule has 1 atom stereocenters. The van der Waals surface area contributed by atoms with Gasteiger partial charge in [0, 0.05) is 22.6 Å². The summed E-state index contributed by atoms with van der Waals surface area (Å²) in [5, 5.41) is 3.43. The van der Waals surface area contributed by atoms with Crippen LogP contribution in [-0.2, 0) is 6.42 Å². The summed E-state index contributed by atoms with van der Waals surface area (Å²) in [5.74, 6) is 0. The van der Waals surface area contributed by atoms with Gasteiger partial charge < -0.3 is 5.32 Å². The van der Waals surface area contributed by atoms with Crippen LogP contribution in [0.5, 0.6) is 0 Å². The van der Waals surface area contributed by atoms with Gasteiger partial charge in [-0.2, -0.15) is 0 Å². The first kappa shape index (κ1) is 14.6. The molecule has 0 amide bonds. The van der Waals surface area contributed by atoms with Gasteiger partial charge in [0.15, 0.2) is 0 Å². The number of hydrogen-bond acceptors (Lipinski definition) is 2.